The third-order valence-electron chi connectivity index (χ3n) is 2.80. The number of anilines is 2. The number of aromatic nitrogens is 1. The Bertz CT molecular complexity index is 572. The van der Waals surface area contributed by atoms with Crippen LogP contribution < -0.4 is 14.4 Å². The summed E-state index contributed by atoms with van der Waals surface area (Å²) < 4.78 is 11.6. The molecule has 0 amide bonds. The van der Waals surface area contributed by atoms with Crippen LogP contribution in [0.25, 0.3) is 0 Å². The van der Waals surface area contributed by atoms with Gasteiger partial charge in [-0.25, -0.2) is 4.98 Å². The smallest absolute Gasteiger partial charge is 0.231 e. The minimum atomic E-state index is 0.291. The van der Waals surface area contributed by atoms with Gasteiger partial charge in [0.25, 0.3) is 0 Å². The fourth-order valence-electron chi connectivity index (χ4n) is 1.79. The number of nitrogens with zero attached hydrogens (tertiary/aromatic N) is 2. The maximum absolute atomic E-state index is 5.37. The zero-order valence-corrected chi connectivity index (χ0v) is 11.3. The Labute approximate surface area is 113 Å². The first-order valence-electron chi connectivity index (χ1n) is 5.49. The van der Waals surface area contributed by atoms with Crippen LogP contribution in [0.4, 0.5) is 11.5 Å². The van der Waals surface area contributed by atoms with E-state index >= 15 is 0 Å². The monoisotopic (exact) mass is 306 g/mol. The lowest BCUT2D eigenvalue weighted by atomic mass is 10.2. The highest BCUT2D eigenvalue weighted by atomic mass is 79.9. The molecule has 2 aromatic rings. The lowest BCUT2D eigenvalue weighted by molar-refractivity contribution is 0.174. The summed E-state index contributed by atoms with van der Waals surface area (Å²) in [6.45, 7) is 0.291. The average Bonchev–Trinajstić information content (AvgIpc) is 2.86. The first-order chi connectivity index (χ1) is 8.74. The van der Waals surface area contributed by atoms with E-state index in [4.69, 9.17) is 9.47 Å². The largest absolute Gasteiger partial charge is 0.454 e. The van der Waals surface area contributed by atoms with Crippen molar-refractivity contribution in [3.05, 3.63) is 41.0 Å². The highest BCUT2D eigenvalue weighted by Crippen LogP contribution is 2.36. The van der Waals surface area contributed by atoms with Crippen LogP contribution in [-0.4, -0.2) is 18.8 Å². The molecule has 0 atom stereocenters. The van der Waals surface area contributed by atoms with Crippen LogP contribution in [0.15, 0.2) is 41.0 Å². The standard InChI is InChI=1S/C13H11BrN2O2/c1-16(13-5-2-9(14)7-15-13)10-3-4-11-12(6-10)18-8-17-11/h2-7H,8H2,1H3. The third kappa shape index (κ3) is 2.01. The first kappa shape index (κ1) is 11.3. The SMILES string of the molecule is CN(c1ccc2c(c1)OCO2)c1ccc(Br)cn1. The van der Waals surface area contributed by atoms with Gasteiger partial charge < -0.3 is 14.4 Å². The summed E-state index contributed by atoms with van der Waals surface area (Å²) in [5, 5.41) is 0. The Morgan fingerprint density at radius 3 is 2.78 bits per heavy atom. The number of fused-ring (bicyclic) bond motifs is 1. The molecular formula is C13H11BrN2O2. The van der Waals surface area contributed by atoms with Crippen molar-refractivity contribution >= 4 is 27.4 Å². The molecule has 0 saturated carbocycles. The zero-order valence-electron chi connectivity index (χ0n) is 9.76. The lowest BCUT2D eigenvalue weighted by Gasteiger charge is -2.18. The Morgan fingerprint density at radius 2 is 2.00 bits per heavy atom. The molecule has 0 aliphatic carbocycles. The molecule has 0 fully saturated rings. The molecule has 0 N–H and O–H groups in total. The predicted octanol–water partition coefficient (Wildman–Crippen LogP) is 3.34. The minimum absolute atomic E-state index is 0.291. The lowest BCUT2D eigenvalue weighted by Crippen LogP contribution is -2.10. The number of hydrogen-bond donors (Lipinski definition) is 0. The van der Waals surface area contributed by atoms with Gasteiger partial charge in [0.15, 0.2) is 11.5 Å². The molecule has 1 aliphatic heterocycles. The second-order valence-electron chi connectivity index (χ2n) is 3.93. The number of benzene rings is 1. The van der Waals surface area contributed by atoms with Gasteiger partial charge in [-0.1, -0.05) is 0 Å². The number of halogens is 1. The second kappa shape index (κ2) is 4.49. The molecule has 0 spiro atoms. The van der Waals surface area contributed by atoms with E-state index in [1.54, 1.807) is 6.20 Å². The Balaban J connectivity index is 1.92. The summed E-state index contributed by atoms with van der Waals surface area (Å²) in [7, 11) is 1.97. The summed E-state index contributed by atoms with van der Waals surface area (Å²) >= 11 is 3.37. The molecule has 1 aromatic carbocycles. The van der Waals surface area contributed by atoms with Crippen LogP contribution in [-0.2, 0) is 0 Å². The van der Waals surface area contributed by atoms with Crippen LogP contribution in [0, 0.1) is 0 Å². The van der Waals surface area contributed by atoms with Crippen molar-refractivity contribution in [3.63, 3.8) is 0 Å². The van der Waals surface area contributed by atoms with Gasteiger partial charge in [-0.05, 0) is 40.2 Å². The minimum Gasteiger partial charge on any atom is -0.454 e. The Morgan fingerprint density at radius 1 is 1.17 bits per heavy atom. The van der Waals surface area contributed by atoms with E-state index in [0.29, 0.717) is 6.79 Å². The van der Waals surface area contributed by atoms with Crippen LogP contribution in [0.3, 0.4) is 0 Å². The van der Waals surface area contributed by atoms with E-state index in [0.717, 1.165) is 27.5 Å². The van der Waals surface area contributed by atoms with E-state index in [1.165, 1.54) is 0 Å². The van der Waals surface area contributed by atoms with Crippen LogP contribution in [0.1, 0.15) is 0 Å². The molecular weight excluding hydrogens is 296 g/mol. The summed E-state index contributed by atoms with van der Waals surface area (Å²) in [5.41, 5.74) is 1.01. The van der Waals surface area contributed by atoms with Crippen molar-refractivity contribution in [2.75, 3.05) is 18.7 Å². The van der Waals surface area contributed by atoms with Crippen molar-refractivity contribution in [1.82, 2.24) is 4.98 Å². The van der Waals surface area contributed by atoms with Gasteiger partial charge in [-0.15, -0.1) is 0 Å². The number of ether oxygens (including phenoxy) is 2. The van der Waals surface area contributed by atoms with Crippen molar-refractivity contribution < 1.29 is 9.47 Å². The molecule has 1 aromatic heterocycles. The Hall–Kier alpha value is -1.75. The zero-order chi connectivity index (χ0) is 12.5. The van der Waals surface area contributed by atoms with Crippen LogP contribution >= 0.6 is 15.9 Å². The molecule has 3 rings (SSSR count). The van der Waals surface area contributed by atoms with Gasteiger partial charge in [0.1, 0.15) is 5.82 Å². The van der Waals surface area contributed by atoms with Crippen molar-refractivity contribution in [2.45, 2.75) is 0 Å². The van der Waals surface area contributed by atoms with Crippen LogP contribution in [0.5, 0.6) is 11.5 Å². The molecule has 1 aliphatic rings. The van der Waals surface area contributed by atoms with Gasteiger partial charge in [0, 0.05) is 29.5 Å². The highest BCUT2D eigenvalue weighted by molar-refractivity contribution is 9.10. The molecule has 18 heavy (non-hydrogen) atoms. The highest BCUT2D eigenvalue weighted by Gasteiger charge is 2.15. The molecule has 0 bridgehead atoms. The molecule has 0 radical (unpaired) electrons. The topological polar surface area (TPSA) is 34.6 Å². The van der Waals surface area contributed by atoms with Gasteiger partial charge in [-0.2, -0.15) is 0 Å². The molecule has 0 saturated heterocycles. The molecule has 0 unspecified atom stereocenters. The van der Waals surface area contributed by atoms with Crippen LogP contribution in [0.2, 0.25) is 0 Å². The summed E-state index contributed by atoms with van der Waals surface area (Å²) in [5.74, 6) is 2.43. The average molecular weight is 307 g/mol. The van der Waals surface area contributed by atoms with Gasteiger partial charge in [-0.3, -0.25) is 0 Å². The normalized spacial score (nSPS) is 12.6. The fourth-order valence-corrected chi connectivity index (χ4v) is 2.03. The van der Waals surface area contributed by atoms with E-state index < -0.39 is 0 Å². The molecule has 5 heteroatoms. The second-order valence-corrected chi connectivity index (χ2v) is 4.85. The van der Waals surface area contributed by atoms with E-state index in [-0.39, 0.29) is 0 Å². The fraction of sp³-hybridized carbons (Fsp3) is 0.154. The Kier molecular flexibility index (Phi) is 2.83. The van der Waals surface area contributed by atoms with E-state index in [1.807, 2.05) is 42.3 Å². The predicted molar refractivity (Wildman–Crippen MR) is 72.6 cm³/mol. The van der Waals surface area contributed by atoms with Gasteiger partial charge in [0.2, 0.25) is 6.79 Å². The number of pyridine rings is 1. The maximum Gasteiger partial charge on any atom is 0.231 e. The maximum atomic E-state index is 5.37. The molecule has 4 nitrogen and oxygen atoms in total. The van der Waals surface area contributed by atoms with Gasteiger partial charge >= 0.3 is 0 Å². The molecule has 92 valence electrons. The third-order valence-corrected chi connectivity index (χ3v) is 3.27. The van der Waals surface area contributed by atoms with Crippen molar-refractivity contribution in [1.29, 1.82) is 0 Å². The number of rotatable bonds is 2. The summed E-state index contributed by atoms with van der Waals surface area (Å²) in [6.07, 6.45) is 1.78. The van der Waals surface area contributed by atoms with Crippen molar-refractivity contribution in [3.8, 4) is 11.5 Å². The summed E-state index contributed by atoms with van der Waals surface area (Å²) in [4.78, 5) is 6.35. The molecule has 2 heterocycles. The summed E-state index contributed by atoms with van der Waals surface area (Å²) in [6, 6.07) is 9.76. The first-order valence-corrected chi connectivity index (χ1v) is 6.28. The van der Waals surface area contributed by atoms with Gasteiger partial charge in [0.05, 0.1) is 0 Å². The van der Waals surface area contributed by atoms with E-state index in [2.05, 4.69) is 20.9 Å². The quantitative estimate of drug-likeness (QED) is 0.852. The van der Waals surface area contributed by atoms with E-state index in [9.17, 15) is 0 Å². The van der Waals surface area contributed by atoms with Crippen molar-refractivity contribution in [2.24, 2.45) is 0 Å². The number of hydrogen-bond acceptors (Lipinski definition) is 4.